The summed E-state index contributed by atoms with van der Waals surface area (Å²) in [6.45, 7) is 0.356. The third kappa shape index (κ3) is 1.98. The van der Waals surface area contributed by atoms with Crippen molar-refractivity contribution in [3.63, 3.8) is 0 Å². The van der Waals surface area contributed by atoms with Crippen molar-refractivity contribution in [1.82, 2.24) is 15.1 Å². The number of urea groups is 1. The monoisotopic (exact) mass is 336 g/mol. The van der Waals surface area contributed by atoms with E-state index in [1.54, 1.807) is 4.68 Å². The van der Waals surface area contributed by atoms with E-state index in [1.165, 1.54) is 4.90 Å². The van der Waals surface area contributed by atoms with E-state index in [4.69, 9.17) is 0 Å². The van der Waals surface area contributed by atoms with Gasteiger partial charge in [-0.05, 0) is 11.6 Å². The molecule has 3 amide bonds. The second-order valence-electron chi connectivity index (χ2n) is 4.65. The quantitative estimate of drug-likeness (QED) is 0.852. The fraction of sp³-hybridized carbons (Fsp3) is 0.308. The van der Waals surface area contributed by atoms with Crippen LogP contribution in [0.4, 0.5) is 10.6 Å². The minimum absolute atomic E-state index is 0.243. The van der Waals surface area contributed by atoms with Crippen LogP contribution in [0.15, 0.2) is 18.2 Å². The molecule has 1 fully saturated rings. The Bertz CT molecular complexity index is 710. The number of benzene rings is 1. The van der Waals surface area contributed by atoms with Crippen LogP contribution in [0.3, 0.4) is 0 Å². The molecule has 0 aliphatic carbocycles. The number of halogens is 1. The van der Waals surface area contributed by atoms with Crippen LogP contribution in [-0.4, -0.2) is 28.3 Å². The number of nitrogens with one attached hydrogen (secondary N) is 1. The maximum absolute atomic E-state index is 11.9. The van der Waals surface area contributed by atoms with Crippen LogP contribution >= 0.6 is 15.9 Å². The van der Waals surface area contributed by atoms with Crippen LogP contribution in [0.2, 0.25) is 0 Å². The molecule has 3 rings (SSSR count). The van der Waals surface area contributed by atoms with E-state index in [0.717, 1.165) is 16.5 Å². The van der Waals surface area contributed by atoms with E-state index < -0.39 is 6.03 Å². The van der Waals surface area contributed by atoms with Gasteiger partial charge in [-0.2, -0.15) is 5.10 Å². The van der Waals surface area contributed by atoms with Gasteiger partial charge >= 0.3 is 6.03 Å². The Morgan fingerprint density at radius 2 is 2.20 bits per heavy atom. The lowest BCUT2D eigenvalue weighted by Gasteiger charge is -2.24. The number of nitrogens with zero attached hydrogens (tertiary/aromatic N) is 3. The number of aromatic nitrogens is 2. The zero-order valence-corrected chi connectivity index (χ0v) is 12.5. The van der Waals surface area contributed by atoms with E-state index in [9.17, 15) is 9.59 Å². The smallest absolute Gasteiger partial charge is 0.278 e. The molecule has 0 saturated carbocycles. The molecule has 2 aromatic rings. The largest absolute Gasteiger partial charge is 0.329 e. The number of fused-ring (bicyclic) bond motifs is 1. The number of para-hydroxylation sites is 1. The Morgan fingerprint density at radius 3 is 2.90 bits per heavy atom. The number of carbonyl (C=O) groups is 2. The summed E-state index contributed by atoms with van der Waals surface area (Å²) < 4.78 is 1.77. The van der Waals surface area contributed by atoms with Crippen LogP contribution in [0, 0.1) is 0 Å². The van der Waals surface area contributed by atoms with Crippen LogP contribution < -0.4 is 10.2 Å². The Balaban J connectivity index is 2.13. The Kier molecular flexibility index (Phi) is 3.21. The molecule has 7 heteroatoms. The molecule has 0 bridgehead atoms. The summed E-state index contributed by atoms with van der Waals surface area (Å²) in [5, 5.41) is 8.39. The van der Waals surface area contributed by atoms with Crippen molar-refractivity contribution in [1.29, 1.82) is 0 Å². The third-order valence-corrected chi connectivity index (χ3v) is 3.99. The van der Waals surface area contributed by atoms with Crippen LogP contribution in [0.5, 0.6) is 0 Å². The van der Waals surface area contributed by atoms with E-state index in [0.29, 0.717) is 24.1 Å². The highest BCUT2D eigenvalue weighted by atomic mass is 79.9. The van der Waals surface area contributed by atoms with Crippen molar-refractivity contribution < 1.29 is 9.59 Å². The minimum Gasteiger partial charge on any atom is -0.278 e. The lowest BCUT2D eigenvalue weighted by molar-refractivity contribution is -0.120. The van der Waals surface area contributed by atoms with E-state index in [-0.39, 0.29) is 5.91 Å². The lowest BCUT2D eigenvalue weighted by Crippen LogP contribution is -2.49. The highest BCUT2D eigenvalue weighted by Gasteiger charge is 2.28. The summed E-state index contributed by atoms with van der Waals surface area (Å²) in [6, 6.07) is 5.48. The Morgan fingerprint density at radius 1 is 1.40 bits per heavy atom. The summed E-state index contributed by atoms with van der Waals surface area (Å²) in [5.41, 5.74) is 2.10. The number of carbonyl (C=O) groups excluding carboxylic acids is 2. The highest BCUT2D eigenvalue weighted by molar-refractivity contribution is 9.08. The summed E-state index contributed by atoms with van der Waals surface area (Å²) in [5.74, 6) is 0.350. The predicted octanol–water partition coefficient (Wildman–Crippen LogP) is 1.91. The molecule has 1 saturated heterocycles. The number of rotatable bonds is 2. The second-order valence-corrected chi connectivity index (χ2v) is 5.21. The molecule has 1 N–H and O–H groups in total. The van der Waals surface area contributed by atoms with Gasteiger partial charge < -0.3 is 0 Å². The van der Waals surface area contributed by atoms with Gasteiger partial charge in [0.1, 0.15) is 0 Å². The van der Waals surface area contributed by atoms with E-state index >= 15 is 0 Å². The average molecular weight is 337 g/mol. The molecule has 1 aromatic carbocycles. The number of imide groups is 1. The molecule has 0 spiro atoms. The first kappa shape index (κ1) is 13.1. The molecular weight excluding hydrogens is 324 g/mol. The first-order chi connectivity index (χ1) is 9.61. The first-order valence-corrected chi connectivity index (χ1v) is 7.36. The normalized spacial score (nSPS) is 15.8. The van der Waals surface area contributed by atoms with Gasteiger partial charge in [-0.1, -0.05) is 28.1 Å². The number of aryl methyl sites for hydroxylation is 1. The Hall–Kier alpha value is -1.89. The summed E-state index contributed by atoms with van der Waals surface area (Å²) >= 11 is 3.46. The highest BCUT2D eigenvalue weighted by Crippen LogP contribution is 2.29. The summed E-state index contributed by atoms with van der Waals surface area (Å²) in [4.78, 5) is 24.7. The number of hydrogen-bond donors (Lipinski definition) is 1. The molecule has 0 unspecified atom stereocenters. The van der Waals surface area contributed by atoms with Crippen molar-refractivity contribution in [2.45, 2.75) is 11.8 Å². The van der Waals surface area contributed by atoms with Gasteiger partial charge in [0.15, 0.2) is 5.82 Å². The van der Waals surface area contributed by atoms with Crippen molar-refractivity contribution >= 4 is 44.6 Å². The minimum atomic E-state index is -0.412. The van der Waals surface area contributed by atoms with Gasteiger partial charge in [0, 0.05) is 30.7 Å². The predicted molar refractivity (Wildman–Crippen MR) is 78.8 cm³/mol. The summed E-state index contributed by atoms with van der Waals surface area (Å²) in [7, 11) is 1.85. The SMILES string of the molecule is Cn1nc(N2CCC(=O)NC2=O)c2cccc(CBr)c21. The molecule has 0 radical (unpaired) electrons. The topological polar surface area (TPSA) is 67.2 Å². The molecule has 6 nitrogen and oxygen atoms in total. The fourth-order valence-electron chi connectivity index (χ4n) is 2.47. The van der Waals surface area contributed by atoms with Crippen molar-refractivity contribution in [2.75, 3.05) is 11.4 Å². The van der Waals surface area contributed by atoms with E-state index in [1.807, 2.05) is 25.2 Å². The van der Waals surface area contributed by atoms with Gasteiger partial charge in [0.2, 0.25) is 5.91 Å². The van der Waals surface area contributed by atoms with Crippen molar-refractivity contribution in [3.05, 3.63) is 23.8 Å². The molecular formula is C13H13BrN4O2. The van der Waals surface area contributed by atoms with Crippen molar-refractivity contribution in [3.8, 4) is 0 Å². The van der Waals surface area contributed by atoms with Gasteiger partial charge in [-0.15, -0.1) is 0 Å². The molecule has 2 heterocycles. The molecule has 1 aliphatic rings. The lowest BCUT2D eigenvalue weighted by atomic mass is 10.1. The number of anilines is 1. The Labute approximate surface area is 123 Å². The molecule has 1 aromatic heterocycles. The fourth-order valence-corrected chi connectivity index (χ4v) is 2.93. The van der Waals surface area contributed by atoms with Gasteiger partial charge in [-0.25, -0.2) is 4.79 Å². The summed E-state index contributed by atoms with van der Waals surface area (Å²) in [6.07, 6.45) is 0.294. The van der Waals surface area contributed by atoms with Crippen LogP contribution in [0.25, 0.3) is 10.9 Å². The standard InChI is InChI=1S/C13H13BrN4O2/c1-17-11-8(7-14)3-2-4-9(11)12(16-17)18-6-5-10(19)15-13(18)20/h2-4H,5-7H2,1H3,(H,15,19,20). The second kappa shape index (κ2) is 4.90. The molecule has 20 heavy (non-hydrogen) atoms. The molecule has 0 atom stereocenters. The average Bonchev–Trinajstić information content (AvgIpc) is 2.76. The number of amides is 3. The van der Waals surface area contributed by atoms with E-state index in [2.05, 4.69) is 26.3 Å². The van der Waals surface area contributed by atoms with Crippen LogP contribution in [0.1, 0.15) is 12.0 Å². The molecule has 1 aliphatic heterocycles. The maximum Gasteiger partial charge on any atom is 0.329 e. The zero-order valence-electron chi connectivity index (χ0n) is 10.9. The van der Waals surface area contributed by atoms with Gasteiger partial charge in [0.05, 0.1) is 5.52 Å². The zero-order chi connectivity index (χ0) is 14.3. The number of hydrogen-bond acceptors (Lipinski definition) is 3. The third-order valence-electron chi connectivity index (χ3n) is 3.38. The first-order valence-electron chi connectivity index (χ1n) is 6.23. The van der Waals surface area contributed by atoms with Gasteiger partial charge in [-0.3, -0.25) is 19.7 Å². The number of alkyl halides is 1. The van der Waals surface area contributed by atoms with Crippen LogP contribution in [-0.2, 0) is 17.2 Å². The maximum atomic E-state index is 11.9. The molecule has 104 valence electrons. The van der Waals surface area contributed by atoms with Crippen molar-refractivity contribution in [2.24, 2.45) is 7.05 Å². The van der Waals surface area contributed by atoms with Gasteiger partial charge in [0.25, 0.3) is 0 Å².